The van der Waals surface area contributed by atoms with Crippen LogP contribution in [-0.4, -0.2) is 49.4 Å². The zero-order chi connectivity index (χ0) is 22.3. The standard InChI is InChI=1S/C21H20FN3O5S2/c22-13-4-6-14(7-5-13)32(27,28)25-8-1-3-16(25)20(26)24-21-23-15-11-17-18(12-19(15)31-21)30-10-2-9-29-17/h4-7,11-12,16H,1-3,8-10H2,(H,23,24,26). The van der Waals surface area contributed by atoms with Gasteiger partial charge in [0.15, 0.2) is 16.6 Å². The van der Waals surface area contributed by atoms with Crippen molar-refractivity contribution < 1.29 is 27.1 Å². The molecule has 0 aliphatic carbocycles. The number of carbonyl (C=O) groups excluding carboxylic acids is 1. The number of nitrogens with one attached hydrogen (secondary N) is 1. The average molecular weight is 478 g/mol. The minimum absolute atomic E-state index is 0.0416. The Morgan fingerprint density at radius 3 is 2.59 bits per heavy atom. The molecule has 168 valence electrons. The molecular weight excluding hydrogens is 457 g/mol. The lowest BCUT2D eigenvalue weighted by atomic mass is 10.2. The number of rotatable bonds is 4. The maximum absolute atomic E-state index is 13.2. The number of fused-ring (bicyclic) bond motifs is 2. The van der Waals surface area contributed by atoms with Gasteiger partial charge in [0, 0.05) is 25.1 Å². The average Bonchev–Trinajstić information content (AvgIpc) is 3.34. The first-order valence-electron chi connectivity index (χ1n) is 10.2. The monoisotopic (exact) mass is 477 g/mol. The lowest BCUT2D eigenvalue weighted by Gasteiger charge is -2.23. The molecule has 3 heterocycles. The number of nitrogens with zero attached hydrogens (tertiary/aromatic N) is 2. The van der Waals surface area contributed by atoms with Crippen molar-refractivity contribution in [2.75, 3.05) is 25.1 Å². The third-order valence-electron chi connectivity index (χ3n) is 5.41. The number of aromatic nitrogens is 1. The van der Waals surface area contributed by atoms with Crippen molar-refractivity contribution >= 4 is 42.6 Å². The lowest BCUT2D eigenvalue weighted by molar-refractivity contribution is -0.119. The summed E-state index contributed by atoms with van der Waals surface area (Å²) in [7, 11) is -3.93. The summed E-state index contributed by atoms with van der Waals surface area (Å²) in [6.45, 7) is 1.35. The number of anilines is 1. The van der Waals surface area contributed by atoms with Crippen LogP contribution >= 0.6 is 11.3 Å². The van der Waals surface area contributed by atoms with Gasteiger partial charge in [0.05, 0.1) is 28.3 Å². The summed E-state index contributed by atoms with van der Waals surface area (Å²) in [5.74, 6) is 0.291. The summed E-state index contributed by atoms with van der Waals surface area (Å²) in [6, 6.07) is 7.36. The molecule has 0 spiro atoms. The molecule has 2 aromatic carbocycles. The molecule has 0 bridgehead atoms. The van der Waals surface area contributed by atoms with E-state index in [9.17, 15) is 17.6 Å². The van der Waals surface area contributed by atoms with Gasteiger partial charge in [-0.25, -0.2) is 17.8 Å². The summed E-state index contributed by atoms with van der Waals surface area (Å²) in [5.41, 5.74) is 0.664. The highest BCUT2D eigenvalue weighted by Crippen LogP contribution is 2.38. The number of ether oxygens (including phenoxy) is 2. The summed E-state index contributed by atoms with van der Waals surface area (Å²) < 4.78 is 52.6. The molecule has 0 radical (unpaired) electrons. The molecule has 3 aromatic rings. The number of halogens is 1. The highest BCUT2D eigenvalue weighted by atomic mass is 32.2. The minimum atomic E-state index is -3.93. The van der Waals surface area contributed by atoms with Crippen LogP contribution in [0.25, 0.3) is 10.2 Å². The Hall–Kier alpha value is -2.76. The van der Waals surface area contributed by atoms with Gasteiger partial charge in [0.25, 0.3) is 0 Å². The minimum Gasteiger partial charge on any atom is -0.490 e. The molecule has 2 aliphatic rings. The molecule has 8 nitrogen and oxygen atoms in total. The maximum atomic E-state index is 13.2. The molecule has 1 N–H and O–H groups in total. The largest absolute Gasteiger partial charge is 0.490 e. The Labute approximate surface area is 188 Å². The van der Waals surface area contributed by atoms with E-state index in [4.69, 9.17) is 9.47 Å². The van der Waals surface area contributed by atoms with Gasteiger partial charge in [0.2, 0.25) is 15.9 Å². The number of sulfonamides is 1. The fourth-order valence-corrected chi connectivity index (χ4v) is 6.39. The number of carbonyl (C=O) groups is 1. The third kappa shape index (κ3) is 3.91. The van der Waals surface area contributed by atoms with Crippen molar-refractivity contribution in [3.05, 3.63) is 42.2 Å². The van der Waals surface area contributed by atoms with Crippen LogP contribution in [0.15, 0.2) is 41.3 Å². The highest BCUT2D eigenvalue weighted by Gasteiger charge is 2.39. The van der Waals surface area contributed by atoms with Crippen LogP contribution in [0.2, 0.25) is 0 Å². The van der Waals surface area contributed by atoms with Gasteiger partial charge in [-0.15, -0.1) is 0 Å². The molecule has 5 rings (SSSR count). The fraction of sp³-hybridized carbons (Fsp3) is 0.333. The Morgan fingerprint density at radius 2 is 1.84 bits per heavy atom. The van der Waals surface area contributed by atoms with E-state index in [0.29, 0.717) is 48.2 Å². The van der Waals surface area contributed by atoms with Crippen molar-refractivity contribution in [1.82, 2.24) is 9.29 Å². The number of hydrogen-bond acceptors (Lipinski definition) is 7. The number of thiazole rings is 1. The molecule has 1 saturated heterocycles. The Bertz CT molecular complexity index is 1230. The van der Waals surface area contributed by atoms with E-state index < -0.39 is 27.8 Å². The zero-order valence-corrected chi connectivity index (χ0v) is 18.5. The van der Waals surface area contributed by atoms with Gasteiger partial charge in [-0.2, -0.15) is 4.31 Å². The van der Waals surface area contributed by atoms with Crippen LogP contribution < -0.4 is 14.8 Å². The first-order valence-corrected chi connectivity index (χ1v) is 12.5. The molecular formula is C21H20FN3O5S2. The summed E-state index contributed by atoms with van der Waals surface area (Å²) in [5, 5.41) is 3.13. The Kier molecular flexibility index (Phi) is 5.48. The van der Waals surface area contributed by atoms with Crippen LogP contribution in [0.4, 0.5) is 9.52 Å². The van der Waals surface area contributed by atoms with Gasteiger partial charge < -0.3 is 14.8 Å². The predicted molar refractivity (Wildman–Crippen MR) is 117 cm³/mol. The zero-order valence-electron chi connectivity index (χ0n) is 16.9. The second-order valence-electron chi connectivity index (χ2n) is 7.55. The van der Waals surface area contributed by atoms with Crippen LogP contribution in [0.1, 0.15) is 19.3 Å². The lowest BCUT2D eigenvalue weighted by Crippen LogP contribution is -2.43. The Morgan fingerprint density at radius 1 is 1.12 bits per heavy atom. The van der Waals surface area contributed by atoms with E-state index in [0.717, 1.165) is 23.3 Å². The molecule has 11 heteroatoms. The van der Waals surface area contributed by atoms with Gasteiger partial charge in [-0.05, 0) is 37.1 Å². The smallest absolute Gasteiger partial charge is 0.244 e. The SMILES string of the molecule is O=C(Nc1nc2cc3c(cc2s1)OCCCO3)C1CCCN1S(=O)(=O)c1ccc(F)cc1. The predicted octanol–water partition coefficient (Wildman–Crippen LogP) is 3.39. The molecule has 0 saturated carbocycles. The third-order valence-corrected chi connectivity index (χ3v) is 8.27. The van der Waals surface area contributed by atoms with E-state index in [1.807, 2.05) is 6.07 Å². The molecule has 1 amide bonds. The highest BCUT2D eigenvalue weighted by molar-refractivity contribution is 7.89. The van der Waals surface area contributed by atoms with Gasteiger partial charge in [-0.3, -0.25) is 4.79 Å². The van der Waals surface area contributed by atoms with Crippen molar-refractivity contribution in [3.8, 4) is 11.5 Å². The molecule has 1 aromatic heterocycles. The van der Waals surface area contributed by atoms with Gasteiger partial charge in [0.1, 0.15) is 11.9 Å². The van der Waals surface area contributed by atoms with E-state index in [1.54, 1.807) is 6.07 Å². The van der Waals surface area contributed by atoms with E-state index in [2.05, 4.69) is 10.3 Å². The van der Waals surface area contributed by atoms with Crippen molar-refractivity contribution in [2.24, 2.45) is 0 Å². The number of benzene rings is 2. The maximum Gasteiger partial charge on any atom is 0.244 e. The topological polar surface area (TPSA) is 97.8 Å². The summed E-state index contributed by atoms with van der Waals surface area (Å²) >= 11 is 1.28. The van der Waals surface area contributed by atoms with Gasteiger partial charge in [-0.1, -0.05) is 11.3 Å². The molecule has 1 fully saturated rings. The molecule has 32 heavy (non-hydrogen) atoms. The quantitative estimate of drug-likeness (QED) is 0.619. The number of amides is 1. The summed E-state index contributed by atoms with van der Waals surface area (Å²) in [6.07, 6.45) is 1.75. The van der Waals surface area contributed by atoms with Crippen molar-refractivity contribution in [1.29, 1.82) is 0 Å². The molecule has 1 atom stereocenters. The van der Waals surface area contributed by atoms with Crippen molar-refractivity contribution in [3.63, 3.8) is 0 Å². The molecule has 1 unspecified atom stereocenters. The van der Waals surface area contributed by atoms with E-state index in [-0.39, 0.29) is 11.4 Å². The number of hydrogen-bond donors (Lipinski definition) is 1. The fourth-order valence-electron chi connectivity index (χ4n) is 3.86. The van der Waals surface area contributed by atoms with E-state index >= 15 is 0 Å². The summed E-state index contributed by atoms with van der Waals surface area (Å²) in [4.78, 5) is 17.4. The van der Waals surface area contributed by atoms with Crippen LogP contribution in [0.5, 0.6) is 11.5 Å². The second kappa shape index (κ2) is 8.30. The van der Waals surface area contributed by atoms with Crippen molar-refractivity contribution in [2.45, 2.75) is 30.2 Å². The second-order valence-corrected chi connectivity index (χ2v) is 10.5. The van der Waals surface area contributed by atoms with Gasteiger partial charge >= 0.3 is 0 Å². The normalized spacial score (nSPS) is 19.1. The molecule has 2 aliphatic heterocycles. The first-order chi connectivity index (χ1) is 15.4. The van der Waals surface area contributed by atoms with Crippen LogP contribution in [-0.2, 0) is 14.8 Å². The Balaban J connectivity index is 1.37. The van der Waals surface area contributed by atoms with Crippen LogP contribution in [0.3, 0.4) is 0 Å². The first kappa shape index (κ1) is 21.1. The van der Waals surface area contributed by atoms with Crippen LogP contribution in [0, 0.1) is 5.82 Å². The van der Waals surface area contributed by atoms with E-state index in [1.165, 1.54) is 27.8 Å².